The van der Waals surface area contributed by atoms with Crippen LogP contribution in [0.3, 0.4) is 0 Å². The first kappa shape index (κ1) is 29.0. The smallest absolute Gasteiger partial charge is 0.328 e. The van der Waals surface area contributed by atoms with Gasteiger partial charge in [-0.3, -0.25) is 19.9 Å². The maximum atomic E-state index is 13.4. The van der Waals surface area contributed by atoms with E-state index >= 15 is 0 Å². The molecule has 12 heteroatoms. The Morgan fingerprint density at radius 3 is 2.80 bits per heavy atom. The molecular weight excluding hydrogens is 540 g/mol. The number of amides is 3. The van der Waals surface area contributed by atoms with Crippen LogP contribution in [0, 0.1) is 11.3 Å². The fraction of sp³-hybridized carbons (Fsp3) is 0.552. The highest BCUT2D eigenvalue weighted by atomic mass is 32.2. The van der Waals surface area contributed by atoms with E-state index in [4.69, 9.17) is 9.72 Å². The summed E-state index contributed by atoms with van der Waals surface area (Å²) in [5, 5.41) is 16.5. The van der Waals surface area contributed by atoms with Crippen LogP contribution in [0.15, 0.2) is 18.3 Å². The number of hydrogen-bond acceptors (Lipinski definition) is 9. The van der Waals surface area contributed by atoms with E-state index < -0.39 is 0 Å². The number of urea groups is 1. The Morgan fingerprint density at radius 1 is 1.22 bits per heavy atom. The first-order chi connectivity index (χ1) is 19.9. The van der Waals surface area contributed by atoms with E-state index in [2.05, 4.69) is 21.7 Å². The number of nitrogens with zero attached hydrogens (tertiary/aromatic N) is 6. The van der Waals surface area contributed by atoms with Gasteiger partial charge >= 0.3 is 6.03 Å². The summed E-state index contributed by atoms with van der Waals surface area (Å²) in [6.45, 7) is 3.53. The number of methoxy groups -OCH3 is 1. The van der Waals surface area contributed by atoms with Gasteiger partial charge in [0.1, 0.15) is 17.7 Å². The molecule has 2 fully saturated rings. The van der Waals surface area contributed by atoms with Gasteiger partial charge in [-0.05, 0) is 44.4 Å². The molecule has 218 valence electrons. The molecule has 1 saturated heterocycles. The predicted molar refractivity (Wildman–Crippen MR) is 161 cm³/mol. The number of piperazine rings is 1. The number of nitriles is 1. The molecule has 1 saturated carbocycles. The van der Waals surface area contributed by atoms with Crippen LogP contribution in [0.25, 0.3) is 0 Å². The van der Waals surface area contributed by atoms with E-state index in [1.165, 1.54) is 31.9 Å². The van der Waals surface area contributed by atoms with Crippen molar-refractivity contribution < 1.29 is 14.3 Å². The molecule has 41 heavy (non-hydrogen) atoms. The fourth-order valence-corrected chi connectivity index (χ4v) is 6.84. The van der Waals surface area contributed by atoms with Crippen molar-refractivity contribution in [3.63, 3.8) is 0 Å². The molecule has 3 aliphatic rings. The first-order valence-electron chi connectivity index (χ1n) is 14.3. The topological polar surface area (TPSA) is 127 Å². The normalized spacial score (nSPS) is 17.7. The van der Waals surface area contributed by atoms with Crippen molar-refractivity contribution in [2.75, 3.05) is 68.2 Å². The summed E-state index contributed by atoms with van der Waals surface area (Å²) in [5.74, 6) is 2.37. The van der Waals surface area contributed by atoms with Gasteiger partial charge in [0.05, 0.1) is 31.5 Å². The van der Waals surface area contributed by atoms with Gasteiger partial charge in [-0.25, -0.2) is 9.78 Å². The van der Waals surface area contributed by atoms with E-state index in [1.54, 1.807) is 18.1 Å². The molecule has 5 rings (SSSR count). The van der Waals surface area contributed by atoms with Crippen LogP contribution < -0.4 is 20.3 Å². The highest BCUT2D eigenvalue weighted by Gasteiger charge is 2.29. The van der Waals surface area contributed by atoms with E-state index in [-0.39, 0.29) is 11.9 Å². The second kappa shape index (κ2) is 13.4. The molecule has 0 bridgehead atoms. The molecule has 4 heterocycles. The predicted octanol–water partition coefficient (Wildman–Crippen LogP) is 3.70. The Labute approximate surface area is 245 Å². The monoisotopic (exact) mass is 578 g/mol. The lowest BCUT2D eigenvalue weighted by Crippen LogP contribution is -2.48. The third kappa shape index (κ3) is 7.02. The molecule has 0 unspecified atom stereocenters. The largest absolute Gasteiger partial charge is 0.481 e. The number of aryl methyl sites for hydroxylation is 1. The minimum absolute atomic E-state index is 0.0795. The molecule has 11 nitrogen and oxygen atoms in total. The lowest BCUT2D eigenvalue weighted by atomic mass is 10.0. The molecule has 0 spiro atoms. The molecule has 0 atom stereocenters. The van der Waals surface area contributed by atoms with Gasteiger partial charge in [-0.15, -0.1) is 0 Å². The van der Waals surface area contributed by atoms with Crippen LogP contribution in [-0.2, 0) is 17.8 Å². The van der Waals surface area contributed by atoms with Gasteiger partial charge in [-0.1, -0.05) is 12.8 Å². The zero-order valence-corrected chi connectivity index (χ0v) is 24.6. The Bertz CT molecular complexity index is 1310. The van der Waals surface area contributed by atoms with E-state index in [9.17, 15) is 14.9 Å². The van der Waals surface area contributed by atoms with Crippen LogP contribution in [0.2, 0.25) is 0 Å². The maximum Gasteiger partial charge on any atom is 0.328 e. The number of nitrogens with one attached hydrogen (secondary N) is 2. The number of thioether (sulfide) groups is 1. The molecular formula is C29H38N8O3S. The number of ether oxygens (including phenoxy) is 1. The number of fused-ring (bicyclic) bond motifs is 1. The zero-order valence-electron chi connectivity index (χ0n) is 23.8. The van der Waals surface area contributed by atoms with Crippen LogP contribution in [0.4, 0.5) is 22.1 Å². The number of carbonyl (C=O) groups is 2. The summed E-state index contributed by atoms with van der Waals surface area (Å²) in [6, 6.07) is 5.56. The third-order valence-electron chi connectivity index (χ3n) is 7.84. The summed E-state index contributed by atoms with van der Waals surface area (Å²) in [6.07, 6.45) is 8.27. The molecule has 2 N–H and O–H groups in total. The van der Waals surface area contributed by atoms with E-state index in [1.807, 2.05) is 34.7 Å². The number of aromatic nitrogens is 2. The van der Waals surface area contributed by atoms with Crippen LogP contribution >= 0.6 is 11.8 Å². The Balaban J connectivity index is 1.26. The number of anilines is 3. The highest BCUT2D eigenvalue weighted by molar-refractivity contribution is 7.99. The number of carbonyl (C=O) groups excluding carboxylic acids is 2. The molecule has 0 aromatic carbocycles. The second-order valence-electron chi connectivity index (χ2n) is 10.8. The molecule has 2 aliphatic heterocycles. The van der Waals surface area contributed by atoms with Crippen molar-refractivity contribution in [3.05, 3.63) is 35.0 Å². The zero-order chi connectivity index (χ0) is 28.8. The SMILES string of the molecule is COc1nc2c(cc1CN1CCN(C)CC1=O)CCCN2C(=O)Nc1cc(NCCSC2CCCC2)c(C#N)cn1. The molecule has 1 aliphatic carbocycles. The summed E-state index contributed by atoms with van der Waals surface area (Å²) < 4.78 is 5.61. The fourth-order valence-electron chi connectivity index (χ4n) is 5.62. The van der Waals surface area contributed by atoms with Crippen molar-refractivity contribution in [1.82, 2.24) is 19.8 Å². The van der Waals surface area contributed by atoms with E-state index in [0.717, 1.165) is 48.1 Å². The van der Waals surface area contributed by atoms with Crippen LogP contribution in [0.1, 0.15) is 48.8 Å². The standard InChI is InChI=1S/C29H38N8O3S/c1-35-11-12-36(26(38)19-35)18-21-14-20-6-5-10-37(27(20)34-28(21)40-2)29(39)33-25-15-24(22(16-30)17-32-25)31-9-13-41-23-7-3-4-8-23/h14-15,17,23H,3-13,18-19H2,1-2H3,(H2,31,32,33,39). The number of rotatable bonds is 9. The number of hydrogen-bond donors (Lipinski definition) is 2. The van der Waals surface area contributed by atoms with Crippen LogP contribution in [-0.4, -0.2) is 89.6 Å². The lowest BCUT2D eigenvalue weighted by Gasteiger charge is -2.33. The maximum absolute atomic E-state index is 13.4. The Kier molecular flexibility index (Phi) is 9.46. The summed E-state index contributed by atoms with van der Waals surface area (Å²) in [4.78, 5) is 40.4. The minimum Gasteiger partial charge on any atom is -0.481 e. The molecule has 2 aromatic rings. The average Bonchev–Trinajstić information content (AvgIpc) is 3.50. The number of likely N-dealkylation sites (N-methyl/N-ethyl adjacent to an activating group) is 1. The van der Waals surface area contributed by atoms with Crippen molar-refractivity contribution >= 4 is 41.0 Å². The van der Waals surface area contributed by atoms with Gasteiger partial charge in [0.15, 0.2) is 0 Å². The van der Waals surface area contributed by atoms with Gasteiger partial charge in [0.2, 0.25) is 11.8 Å². The van der Waals surface area contributed by atoms with Crippen molar-refractivity contribution in [1.29, 1.82) is 5.26 Å². The minimum atomic E-state index is -0.345. The van der Waals surface area contributed by atoms with Crippen LogP contribution in [0.5, 0.6) is 5.88 Å². The lowest BCUT2D eigenvalue weighted by molar-refractivity contribution is -0.136. The van der Waals surface area contributed by atoms with E-state index in [0.29, 0.717) is 54.9 Å². The first-order valence-corrected chi connectivity index (χ1v) is 15.4. The quantitative estimate of drug-likeness (QED) is 0.428. The average molecular weight is 579 g/mol. The van der Waals surface area contributed by atoms with Gasteiger partial charge < -0.3 is 15.0 Å². The second-order valence-corrected chi connectivity index (χ2v) is 12.2. The summed E-state index contributed by atoms with van der Waals surface area (Å²) in [5.41, 5.74) is 2.88. The van der Waals surface area contributed by atoms with Gasteiger partial charge in [0, 0.05) is 55.0 Å². The summed E-state index contributed by atoms with van der Waals surface area (Å²) >= 11 is 1.98. The Morgan fingerprint density at radius 2 is 2.05 bits per heavy atom. The van der Waals surface area contributed by atoms with Crippen molar-refractivity contribution in [2.24, 2.45) is 0 Å². The van der Waals surface area contributed by atoms with Crippen molar-refractivity contribution in [2.45, 2.75) is 50.3 Å². The van der Waals surface area contributed by atoms with Crippen molar-refractivity contribution in [3.8, 4) is 11.9 Å². The van der Waals surface area contributed by atoms with Gasteiger partial charge in [-0.2, -0.15) is 22.0 Å². The number of pyridine rings is 2. The highest BCUT2D eigenvalue weighted by Crippen LogP contribution is 2.32. The Hall–Kier alpha value is -3.56. The molecule has 2 aromatic heterocycles. The summed E-state index contributed by atoms with van der Waals surface area (Å²) in [7, 11) is 3.50. The van der Waals surface area contributed by atoms with Gasteiger partial charge in [0.25, 0.3) is 0 Å². The molecule has 0 radical (unpaired) electrons. The third-order valence-corrected chi connectivity index (χ3v) is 9.23. The molecule has 3 amide bonds.